The van der Waals surface area contributed by atoms with E-state index in [4.69, 9.17) is 9.57 Å². The smallest absolute Gasteiger partial charge is 0.219 e. The van der Waals surface area contributed by atoms with Crippen LogP contribution >= 0.6 is 0 Å². The molecule has 140 valence electrons. The molecule has 1 aliphatic heterocycles. The first-order chi connectivity index (χ1) is 12.4. The summed E-state index contributed by atoms with van der Waals surface area (Å²) in [4.78, 5) is 5.48. The van der Waals surface area contributed by atoms with E-state index in [1.807, 2.05) is 12.1 Å². The molecular formula is C18H21FN2O4S. The predicted octanol–water partition coefficient (Wildman–Crippen LogP) is 2.24. The number of nitrogens with one attached hydrogen (secondary N) is 1. The van der Waals surface area contributed by atoms with Crippen molar-refractivity contribution in [2.75, 3.05) is 20.8 Å². The van der Waals surface area contributed by atoms with E-state index in [1.54, 1.807) is 43.5 Å². The van der Waals surface area contributed by atoms with E-state index >= 15 is 0 Å². The summed E-state index contributed by atoms with van der Waals surface area (Å²) in [5.74, 6) is 0.339. The Morgan fingerprint density at radius 1 is 1.19 bits per heavy atom. The maximum absolute atomic E-state index is 13.0. The van der Waals surface area contributed by atoms with Gasteiger partial charge in [-0.05, 0) is 35.4 Å². The highest BCUT2D eigenvalue weighted by molar-refractivity contribution is 7.90. The van der Waals surface area contributed by atoms with Crippen molar-refractivity contribution in [3.63, 3.8) is 0 Å². The number of benzene rings is 2. The minimum atomic E-state index is -3.66. The Bertz CT molecular complexity index is 840. The normalized spacial score (nSPS) is 21.0. The Labute approximate surface area is 152 Å². The topological polar surface area (TPSA) is 67.9 Å². The van der Waals surface area contributed by atoms with Crippen molar-refractivity contribution in [2.24, 2.45) is 0 Å². The number of methoxy groups -OCH3 is 1. The molecule has 1 heterocycles. The lowest BCUT2D eigenvalue weighted by atomic mass is 10.0. The summed E-state index contributed by atoms with van der Waals surface area (Å²) in [6.07, 6.45) is 0. The van der Waals surface area contributed by atoms with E-state index < -0.39 is 21.3 Å². The number of hydrogen-bond donors (Lipinski definition) is 1. The number of hydroxylamine groups is 2. The molecule has 1 saturated heterocycles. The summed E-state index contributed by atoms with van der Waals surface area (Å²) >= 11 is 0. The molecule has 2 atom stereocenters. The van der Waals surface area contributed by atoms with E-state index in [0.29, 0.717) is 11.3 Å². The highest BCUT2D eigenvalue weighted by atomic mass is 32.2. The summed E-state index contributed by atoms with van der Waals surface area (Å²) in [6, 6.07) is 12.5. The van der Waals surface area contributed by atoms with Crippen molar-refractivity contribution in [2.45, 2.75) is 17.8 Å². The van der Waals surface area contributed by atoms with Crippen LogP contribution in [0, 0.1) is 5.82 Å². The second-order valence-electron chi connectivity index (χ2n) is 6.09. The fraction of sp³-hybridized carbons (Fsp3) is 0.333. The molecule has 0 spiro atoms. The third-order valence-corrected chi connectivity index (χ3v) is 6.17. The van der Waals surface area contributed by atoms with Crippen molar-refractivity contribution < 1.29 is 22.4 Å². The second-order valence-corrected chi connectivity index (χ2v) is 8.08. The highest BCUT2D eigenvalue weighted by Crippen LogP contribution is 2.34. The zero-order valence-electron chi connectivity index (χ0n) is 14.6. The Balaban J connectivity index is 1.77. The van der Waals surface area contributed by atoms with Gasteiger partial charge in [0.05, 0.1) is 19.8 Å². The summed E-state index contributed by atoms with van der Waals surface area (Å²) in [5, 5.41) is 0.796. The molecule has 1 fully saturated rings. The molecule has 0 aromatic heterocycles. The van der Waals surface area contributed by atoms with Crippen molar-refractivity contribution in [1.29, 1.82) is 0 Å². The number of halogens is 1. The van der Waals surface area contributed by atoms with E-state index in [2.05, 4.69) is 4.72 Å². The van der Waals surface area contributed by atoms with E-state index in [-0.39, 0.29) is 19.0 Å². The van der Waals surface area contributed by atoms with Crippen LogP contribution in [-0.4, -0.2) is 39.5 Å². The molecule has 1 aliphatic rings. The Kier molecular flexibility index (Phi) is 5.57. The number of ether oxygens (including phenoxy) is 1. The quantitative estimate of drug-likeness (QED) is 0.833. The molecule has 2 aromatic rings. The lowest BCUT2D eigenvalue weighted by Crippen LogP contribution is -2.39. The monoisotopic (exact) mass is 380 g/mol. The Hall–Kier alpha value is -2.00. The van der Waals surface area contributed by atoms with Gasteiger partial charge in [0.2, 0.25) is 10.0 Å². The van der Waals surface area contributed by atoms with Crippen LogP contribution in [0.5, 0.6) is 5.75 Å². The van der Waals surface area contributed by atoms with Crippen LogP contribution in [0.3, 0.4) is 0 Å². The van der Waals surface area contributed by atoms with Crippen LogP contribution in [0.4, 0.5) is 4.39 Å². The Morgan fingerprint density at radius 2 is 1.85 bits per heavy atom. The zero-order valence-corrected chi connectivity index (χ0v) is 15.4. The van der Waals surface area contributed by atoms with Gasteiger partial charge in [0.25, 0.3) is 0 Å². The number of sulfonamides is 1. The predicted molar refractivity (Wildman–Crippen MR) is 95.4 cm³/mol. The molecule has 2 unspecified atom stereocenters. The van der Waals surface area contributed by atoms with Crippen LogP contribution in [-0.2, 0) is 21.4 Å². The van der Waals surface area contributed by atoms with E-state index in [1.165, 1.54) is 12.1 Å². The summed E-state index contributed by atoms with van der Waals surface area (Å²) in [7, 11) is -0.367. The third kappa shape index (κ3) is 4.04. The zero-order chi connectivity index (χ0) is 18.7. The molecule has 3 rings (SSSR count). The average Bonchev–Trinajstić information content (AvgIpc) is 3.04. The van der Waals surface area contributed by atoms with Gasteiger partial charge in [-0.2, -0.15) is 5.06 Å². The first-order valence-corrected chi connectivity index (χ1v) is 9.68. The van der Waals surface area contributed by atoms with Gasteiger partial charge in [0.15, 0.2) is 0 Å². The highest BCUT2D eigenvalue weighted by Gasteiger charge is 2.43. The van der Waals surface area contributed by atoms with Crippen molar-refractivity contribution in [1.82, 2.24) is 9.79 Å². The largest absolute Gasteiger partial charge is 0.497 e. The van der Waals surface area contributed by atoms with Crippen LogP contribution in [0.25, 0.3) is 0 Å². The van der Waals surface area contributed by atoms with Gasteiger partial charge in [0.1, 0.15) is 16.8 Å². The number of hydrogen-bond acceptors (Lipinski definition) is 5. The van der Waals surface area contributed by atoms with Crippen molar-refractivity contribution >= 4 is 10.0 Å². The molecule has 1 N–H and O–H groups in total. The van der Waals surface area contributed by atoms with Gasteiger partial charge < -0.3 is 4.74 Å². The van der Waals surface area contributed by atoms with Gasteiger partial charge in [0, 0.05) is 13.6 Å². The first kappa shape index (κ1) is 18.8. The van der Waals surface area contributed by atoms with E-state index in [9.17, 15) is 12.8 Å². The molecule has 6 nitrogen and oxygen atoms in total. The molecule has 26 heavy (non-hydrogen) atoms. The van der Waals surface area contributed by atoms with Crippen molar-refractivity contribution in [3.8, 4) is 5.75 Å². The first-order valence-electron chi connectivity index (χ1n) is 8.13. The van der Waals surface area contributed by atoms with Gasteiger partial charge in [-0.25, -0.2) is 17.5 Å². The molecule has 0 bridgehead atoms. The van der Waals surface area contributed by atoms with Gasteiger partial charge >= 0.3 is 0 Å². The standard InChI is InChI=1S/C18H21FN2O4S/c1-21-18(14-5-9-16(24-2)10-6-14)17(12-25-21)26(22,23)20-11-13-3-7-15(19)8-4-13/h3-10,17-18,20H,11-12H2,1-2H3. The average molecular weight is 380 g/mol. The van der Waals surface area contributed by atoms with Crippen LogP contribution < -0.4 is 9.46 Å². The number of rotatable bonds is 6. The Morgan fingerprint density at radius 3 is 2.46 bits per heavy atom. The minimum absolute atomic E-state index is 0.0615. The maximum atomic E-state index is 13.0. The molecular weight excluding hydrogens is 359 g/mol. The van der Waals surface area contributed by atoms with Crippen LogP contribution in [0.15, 0.2) is 48.5 Å². The van der Waals surface area contributed by atoms with Crippen molar-refractivity contribution in [3.05, 3.63) is 65.5 Å². The third-order valence-electron chi connectivity index (χ3n) is 4.43. The fourth-order valence-corrected chi connectivity index (χ4v) is 4.46. The molecule has 0 radical (unpaired) electrons. The van der Waals surface area contributed by atoms with Gasteiger partial charge in [-0.1, -0.05) is 24.3 Å². The van der Waals surface area contributed by atoms with Gasteiger partial charge in [-0.15, -0.1) is 0 Å². The van der Waals surface area contributed by atoms with Crippen LogP contribution in [0.2, 0.25) is 0 Å². The molecule has 0 amide bonds. The van der Waals surface area contributed by atoms with Gasteiger partial charge in [-0.3, -0.25) is 4.84 Å². The maximum Gasteiger partial charge on any atom is 0.219 e. The number of nitrogens with zero attached hydrogens (tertiary/aromatic N) is 1. The summed E-state index contributed by atoms with van der Waals surface area (Å²) in [6.45, 7) is 0.157. The SMILES string of the molecule is COc1ccc(C2C(S(=O)(=O)NCc3ccc(F)cc3)CON2C)cc1. The van der Waals surface area contributed by atoms with E-state index in [0.717, 1.165) is 5.56 Å². The fourth-order valence-electron chi connectivity index (χ4n) is 2.97. The summed E-state index contributed by atoms with van der Waals surface area (Å²) in [5.41, 5.74) is 1.51. The lowest BCUT2D eigenvalue weighted by Gasteiger charge is -2.23. The molecule has 2 aromatic carbocycles. The molecule has 0 saturated carbocycles. The van der Waals surface area contributed by atoms with Crippen LogP contribution in [0.1, 0.15) is 17.2 Å². The summed E-state index contributed by atoms with van der Waals surface area (Å²) < 4.78 is 46.3. The second kappa shape index (κ2) is 7.71. The minimum Gasteiger partial charge on any atom is -0.497 e. The molecule has 8 heteroatoms. The lowest BCUT2D eigenvalue weighted by molar-refractivity contribution is -0.110. The molecule has 0 aliphatic carbocycles.